The molecule has 0 spiro atoms. The van der Waals surface area contributed by atoms with Crippen molar-refractivity contribution in [3.8, 4) is 17.1 Å². The summed E-state index contributed by atoms with van der Waals surface area (Å²) in [5.74, 6) is 0.477. The number of amides is 1. The molecule has 8 heteroatoms. The molecule has 4 aromatic rings. The summed E-state index contributed by atoms with van der Waals surface area (Å²) < 4.78 is 5.09. The van der Waals surface area contributed by atoms with Crippen molar-refractivity contribution < 1.29 is 9.53 Å². The maximum absolute atomic E-state index is 12.3. The number of fused-ring (bicyclic) bond motifs is 1. The molecule has 2 N–H and O–H groups in total. The number of anilines is 1. The number of aromatic nitrogens is 4. The number of nitrogens with one attached hydrogen (secondary N) is 2. The van der Waals surface area contributed by atoms with Gasteiger partial charge in [0.15, 0.2) is 5.13 Å². The predicted octanol–water partition coefficient (Wildman–Crippen LogP) is 3.34. The van der Waals surface area contributed by atoms with Crippen molar-refractivity contribution in [2.75, 3.05) is 12.4 Å². The Bertz CT molecular complexity index is 1040. The van der Waals surface area contributed by atoms with Crippen molar-refractivity contribution in [1.29, 1.82) is 0 Å². The van der Waals surface area contributed by atoms with E-state index in [0.717, 1.165) is 16.7 Å². The molecule has 1 amide bonds. The molecule has 3 aromatic heterocycles. The van der Waals surface area contributed by atoms with Crippen molar-refractivity contribution in [2.45, 2.75) is 0 Å². The van der Waals surface area contributed by atoms with Crippen LogP contribution in [0.25, 0.3) is 22.4 Å². The maximum Gasteiger partial charge on any atom is 0.257 e. The second-order valence-electron chi connectivity index (χ2n) is 5.18. The number of hydrogen-bond donors (Lipinski definition) is 2. The summed E-state index contributed by atoms with van der Waals surface area (Å²) in [5, 5.41) is 6.07. The smallest absolute Gasteiger partial charge is 0.257 e. The number of hydrogen-bond acceptors (Lipinski definition) is 6. The number of benzene rings is 1. The van der Waals surface area contributed by atoms with Gasteiger partial charge in [0.2, 0.25) is 0 Å². The number of H-pyrrole nitrogens is 1. The fourth-order valence-corrected chi connectivity index (χ4v) is 3.12. The number of carbonyl (C=O) groups is 1. The first-order valence-electron chi connectivity index (χ1n) is 7.44. The third-order valence-electron chi connectivity index (χ3n) is 3.67. The average Bonchev–Trinajstić information content (AvgIpc) is 3.30. The first-order valence-corrected chi connectivity index (χ1v) is 8.32. The van der Waals surface area contributed by atoms with Crippen molar-refractivity contribution >= 4 is 33.4 Å². The first-order chi connectivity index (χ1) is 12.2. The van der Waals surface area contributed by atoms with Gasteiger partial charge in [-0.05, 0) is 30.3 Å². The molecule has 7 nitrogen and oxygen atoms in total. The van der Waals surface area contributed by atoms with E-state index in [9.17, 15) is 4.79 Å². The third kappa shape index (κ3) is 2.94. The van der Waals surface area contributed by atoms with E-state index >= 15 is 0 Å². The normalized spacial score (nSPS) is 10.8. The molecule has 25 heavy (non-hydrogen) atoms. The Morgan fingerprint density at radius 2 is 2.04 bits per heavy atom. The molecule has 0 aliphatic carbocycles. The molecule has 0 saturated carbocycles. The Labute approximate surface area is 146 Å². The van der Waals surface area contributed by atoms with E-state index in [0.29, 0.717) is 22.1 Å². The first kappa shape index (κ1) is 15.3. The third-order valence-corrected chi connectivity index (χ3v) is 4.43. The van der Waals surface area contributed by atoms with Gasteiger partial charge in [0.25, 0.3) is 5.91 Å². The van der Waals surface area contributed by atoms with Crippen LogP contribution in [0.15, 0.2) is 48.2 Å². The maximum atomic E-state index is 12.3. The fraction of sp³-hybridized carbons (Fsp3) is 0.0588. The fourth-order valence-electron chi connectivity index (χ4n) is 2.43. The molecule has 124 valence electrons. The van der Waals surface area contributed by atoms with Crippen LogP contribution < -0.4 is 10.1 Å². The summed E-state index contributed by atoms with van der Waals surface area (Å²) in [6.45, 7) is 0. The van der Waals surface area contributed by atoms with Crippen molar-refractivity contribution in [1.82, 2.24) is 19.9 Å². The second kappa shape index (κ2) is 6.33. The summed E-state index contributed by atoms with van der Waals surface area (Å²) in [6, 6.07) is 8.80. The largest absolute Gasteiger partial charge is 0.497 e. The molecule has 0 radical (unpaired) electrons. The summed E-state index contributed by atoms with van der Waals surface area (Å²) >= 11 is 1.35. The zero-order valence-corrected chi connectivity index (χ0v) is 14.0. The lowest BCUT2D eigenvalue weighted by atomic mass is 10.2. The van der Waals surface area contributed by atoms with Gasteiger partial charge in [-0.3, -0.25) is 10.1 Å². The lowest BCUT2D eigenvalue weighted by Crippen LogP contribution is -2.11. The molecule has 0 atom stereocenters. The summed E-state index contributed by atoms with van der Waals surface area (Å²) in [7, 11) is 1.58. The average molecular weight is 351 g/mol. The van der Waals surface area contributed by atoms with Gasteiger partial charge in [-0.2, -0.15) is 0 Å². The number of rotatable bonds is 4. The lowest BCUT2D eigenvalue weighted by Gasteiger charge is -2.03. The molecule has 4 rings (SSSR count). The van der Waals surface area contributed by atoms with Gasteiger partial charge in [-0.15, -0.1) is 11.3 Å². The zero-order chi connectivity index (χ0) is 17.2. The van der Waals surface area contributed by atoms with E-state index in [4.69, 9.17) is 4.74 Å². The molecule has 0 aliphatic rings. The van der Waals surface area contributed by atoms with E-state index in [-0.39, 0.29) is 5.91 Å². The van der Waals surface area contributed by atoms with Crippen molar-refractivity contribution in [2.24, 2.45) is 0 Å². The minimum Gasteiger partial charge on any atom is -0.497 e. The van der Waals surface area contributed by atoms with Crippen LogP contribution in [-0.2, 0) is 0 Å². The van der Waals surface area contributed by atoms with E-state index in [1.54, 1.807) is 31.4 Å². The van der Waals surface area contributed by atoms with Gasteiger partial charge in [0, 0.05) is 22.5 Å². The monoisotopic (exact) mass is 351 g/mol. The van der Waals surface area contributed by atoms with Crippen molar-refractivity contribution in [3.05, 3.63) is 53.8 Å². The number of ether oxygens (including phenoxy) is 1. The molecule has 0 unspecified atom stereocenters. The topological polar surface area (TPSA) is 92.8 Å². The Morgan fingerprint density at radius 3 is 2.84 bits per heavy atom. The Balaban J connectivity index is 1.57. The van der Waals surface area contributed by atoms with Crippen LogP contribution in [0.5, 0.6) is 5.75 Å². The molecule has 0 aliphatic heterocycles. The van der Waals surface area contributed by atoms with Gasteiger partial charge in [-0.25, -0.2) is 15.0 Å². The molecule has 3 heterocycles. The predicted molar refractivity (Wildman–Crippen MR) is 95.9 cm³/mol. The highest BCUT2D eigenvalue weighted by molar-refractivity contribution is 7.14. The number of nitrogens with zero attached hydrogens (tertiary/aromatic N) is 3. The van der Waals surface area contributed by atoms with E-state index < -0.39 is 0 Å². The minimum atomic E-state index is -0.224. The highest BCUT2D eigenvalue weighted by Crippen LogP contribution is 2.28. The van der Waals surface area contributed by atoms with Crippen molar-refractivity contribution in [3.63, 3.8) is 0 Å². The highest BCUT2D eigenvalue weighted by atomic mass is 32.1. The van der Waals surface area contributed by atoms with Crippen LogP contribution in [0, 0.1) is 0 Å². The van der Waals surface area contributed by atoms with Crippen LogP contribution in [0.2, 0.25) is 0 Å². The summed E-state index contributed by atoms with van der Waals surface area (Å²) in [6.07, 6.45) is 3.30. The van der Waals surface area contributed by atoms with Gasteiger partial charge >= 0.3 is 0 Å². The van der Waals surface area contributed by atoms with Crippen LogP contribution >= 0.6 is 11.3 Å². The number of carbonyl (C=O) groups excluding carboxylic acids is 1. The number of aromatic amines is 1. The second-order valence-corrected chi connectivity index (χ2v) is 6.04. The Kier molecular flexibility index (Phi) is 3.87. The van der Waals surface area contributed by atoms with Crippen LogP contribution in [0.1, 0.15) is 10.4 Å². The molecular formula is C17H13N5O2S. The summed E-state index contributed by atoms with van der Waals surface area (Å²) in [4.78, 5) is 28.3. The number of thiazole rings is 1. The lowest BCUT2D eigenvalue weighted by molar-refractivity contribution is 0.102. The minimum absolute atomic E-state index is 0.224. The Morgan fingerprint density at radius 1 is 1.20 bits per heavy atom. The molecular weight excluding hydrogens is 338 g/mol. The van der Waals surface area contributed by atoms with E-state index in [2.05, 4.69) is 25.3 Å². The number of methoxy groups -OCH3 is 1. The molecule has 0 saturated heterocycles. The quantitative estimate of drug-likeness (QED) is 0.588. The van der Waals surface area contributed by atoms with Crippen LogP contribution in [0.4, 0.5) is 5.13 Å². The van der Waals surface area contributed by atoms with E-state index in [1.165, 1.54) is 17.7 Å². The highest BCUT2D eigenvalue weighted by Gasteiger charge is 2.13. The SMILES string of the molecule is COc1ccc(C(=O)Nc2nc(-c3ncnc4[nH]ccc34)cs2)cc1. The zero-order valence-electron chi connectivity index (χ0n) is 13.2. The van der Waals surface area contributed by atoms with Gasteiger partial charge in [-0.1, -0.05) is 0 Å². The van der Waals surface area contributed by atoms with Crippen LogP contribution in [0.3, 0.4) is 0 Å². The molecule has 1 aromatic carbocycles. The Hall–Kier alpha value is -3.26. The standard InChI is InChI=1S/C17H13N5O2S/c1-24-11-4-2-10(3-5-11)16(23)22-17-21-13(8-25-17)14-12-6-7-18-15(12)20-9-19-14/h2-9H,1H3,(H,18,19,20)(H,21,22,23). The molecule has 0 bridgehead atoms. The van der Waals surface area contributed by atoms with Gasteiger partial charge in [0.05, 0.1) is 7.11 Å². The van der Waals surface area contributed by atoms with E-state index in [1.807, 2.05) is 17.6 Å². The summed E-state index contributed by atoms with van der Waals surface area (Å²) in [5.41, 5.74) is 2.71. The van der Waals surface area contributed by atoms with Gasteiger partial charge < -0.3 is 9.72 Å². The van der Waals surface area contributed by atoms with Crippen LogP contribution in [-0.4, -0.2) is 33.0 Å². The van der Waals surface area contributed by atoms with Gasteiger partial charge in [0.1, 0.15) is 29.1 Å². The molecule has 0 fully saturated rings.